The number of benzene rings is 1. The molecule has 5 nitrogen and oxygen atoms in total. The highest BCUT2D eigenvalue weighted by molar-refractivity contribution is 5.64. The summed E-state index contributed by atoms with van der Waals surface area (Å²) in [5, 5.41) is 11.9. The van der Waals surface area contributed by atoms with Crippen LogP contribution in [0.3, 0.4) is 0 Å². The predicted octanol–water partition coefficient (Wildman–Crippen LogP) is 2.88. The Hall–Kier alpha value is -2.61. The summed E-state index contributed by atoms with van der Waals surface area (Å²) in [7, 11) is 0. The summed E-state index contributed by atoms with van der Waals surface area (Å²) < 4.78 is 5.70. The van der Waals surface area contributed by atoms with E-state index in [2.05, 4.69) is 15.3 Å². The number of hydrogen-bond acceptors (Lipinski definition) is 5. The average molecular weight is 254 g/mol. The van der Waals surface area contributed by atoms with Crippen molar-refractivity contribution in [2.24, 2.45) is 0 Å². The standard InChI is InChI=1S/C14H14N4O/c1-10(2)19-13-6-4-3-5-12(13)18-14-7-11(8-15)16-9-17-14/h3-7,9-10H,1-2H3,(H,16,17,18). The Labute approximate surface area is 111 Å². The van der Waals surface area contributed by atoms with Crippen molar-refractivity contribution in [2.45, 2.75) is 20.0 Å². The maximum absolute atomic E-state index is 8.81. The van der Waals surface area contributed by atoms with Crippen LogP contribution in [-0.4, -0.2) is 16.1 Å². The Bertz CT molecular complexity index is 604. The minimum absolute atomic E-state index is 0.0861. The van der Waals surface area contributed by atoms with E-state index in [1.165, 1.54) is 6.33 Å². The van der Waals surface area contributed by atoms with Gasteiger partial charge in [-0.25, -0.2) is 9.97 Å². The Morgan fingerprint density at radius 1 is 1.26 bits per heavy atom. The first kappa shape index (κ1) is 12.8. The Morgan fingerprint density at radius 2 is 2.05 bits per heavy atom. The lowest BCUT2D eigenvalue weighted by Crippen LogP contribution is -2.07. The van der Waals surface area contributed by atoms with E-state index in [9.17, 15) is 0 Å². The zero-order valence-electron chi connectivity index (χ0n) is 10.8. The van der Waals surface area contributed by atoms with Crippen LogP contribution in [0.5, 0.6) is 5.75 Å². The molecule has 19 heavy (non-hydrogen) atoms. The molecule has 1 aromatic heterocycles. The van der Waals surface area contributed by atoms with Gasteiger partial charge in [-0.15, -0.1) is 0 Å². The molecule has 0 atom stereocenters. The highest BCUT2D eigenvalue weighted by atomic mass is 16.5. The maximum atomic E-state index is 8.81. The van der Waals surface area contributed by atoms with Crippen molar-refractivity contribution in [1.82, 2.24) is 9.97 Å². The van der Waals surface area contributed by atoms with Crippen molar-refractivity contribution in [3.63, 3.8) is 0 Å². The highest BCUT2D eigenvalue weighted by Gasteiger charge is 2.06. The van der Waals surface area contributed by atoms with Crippen LogP contribution < -0.4 is 10.1 Å². The van der Waals surface area contributed by atoms with E-state index in [4.69, 9.17) is 10.00 Å². The molecule has 0 fully saturated rings. The molecule has 0 spiro atoms. The molecule has 0 aliphatic carbocycles. The van der Waals surface area contributed by atoms with Crippen LogP contribution >= 0.6 is 0 Å². The van der Waals surface area contributed by atoms with Gasteiger partial charge in [0.1, 0.15) is 29.7 Å². The second-order valence-electron chi connectivity index (χ2n) is 4.19. The summed E-state index contributed by atoms with van der Waals surface area (Å²) in [6.45, 7) is 3.94. The first-order chi connectivity index (χ1) is 9.19. The van der Waals surface area contributed by atoms with Crippen molar-refractivity contribution in [3.8, 4) is 11.8 Å². The number of ether oxygens (including phenoxy) is 1. The van der Waals surface area contributed by atoms with Gasteiger partial charge in [-0.3, -0.25) is 0 Å². The minimum atomic E-state index is 0.0861. The summed E-state index contributed by atoms with van der Waals surface area (Å²) in [6.07, 6.45) is 1.44. The number of aromatic nitrogens is 2. The van der Waals surface area contributed by atoms with Gasteiger partial charge >= 0.3 is 0 Å². The van der Waals surface area contributed by atoms with E-state index >= 15 is 0 Å². The van der Waals surface area contributed by atoms with Crippen LogP contribution in [0.15, 0.2) is 36.7 Å². The van der Waals surface area contributed by atoms with Gasteiger partial charge in [-0.2, -0.15) is 5.26 Å². The van der Waals surface area contributed by atoms with Crippen LogP contribution in [-0.2, 0) is 0 Å². The van der Waals surface area contributed by atoms with Gasteiger partial charge in [0.2, 0.25) is 0 Å². The van der Waals surface area contributed by atoms with E-state index in [1.807, 2.05) is 44.2 Å². The van der Waals surface area contributed by atoms with Gasteiger partial charge < -0.3 is 10.1 Å². The largest absolute Gasteiger partial charge is 0.489 e. The lowest BCUT2D eigenvalue weighted by Gasteiger charge is -2.14. The van der Waals surface area contributed by atoms with Gasteiger partial charge in [0, 0.05) is 6.07 Å². The number of para-hydroxylation sites is 2. The Morgan fingerprint density at radius 3 is 2.79 bits per heavy atom. The molecule has 0 saturated heterocycles. The van der Waals surface area contributed by atoms with Crippen molar-refractivity contribution < 1.29 is 4.74 Å². The molecule has 1 heterocycles. The van der Waals surface area contributed by atoms with Crippen LogP contribution in [0.1, 0.15) is 19.5 Å². The number of nitriles is 1. The number of rotatable bonds is 4. The molecule has 0 bridgehead atoms. The fourth-order valence-electron chi connectivity index (χ4n) is 1.55. The Balaban J connectivity index is 2.25. The molecule has 1 N–H and O–H groups in total. The van der Waals surface area contributed by atoms with Crippen molar-refractivity contribution in [2.75, 3.05) is 5.32 Å². The predicted molar refractivity (Wildman–Crippen MR) is 72.2 cm³/mol. The summed E-state index contributed by atoms with van der Waals surface area (Å²) in [5.74, 6) is 1.31. The zero-order chi connectivity index (χ0) is 13.7. The van der Waals surface area contributed by atoms with Crippen LogP contribution in [0.4, 0.5) is 11.5 Å². The maximum Gasteiger partial charge on any atom is 0.145 e. The molecule has 0 unspecified atom stereocenters. The molecule has 0 aliphatic heterocycles. The molecule has 2 aromatic rings. The first-order valence-corrected chi connectivity index (χ1v) is 5.94. The second-order valence-corrected chi connectivity index (χ2v) is 4.19. The fraction of sp³-hybridized carbons (Fsp3) is 0.214. The van der Waals surface area contributed by atoms with Crippen molar-refractivity contribution in [1.29, 1.82) is 5.26 Å². The molecular formula is C14H14N4O. The van der Waals surface area contributed by atoms with E-state index in [1.54, 1.807) is 6.07 Å². The average Bonchev–Trinajstić information content (AvgIpc) is 2.41. The molecule has 1 aromatic carbocycles. The number of hydrogen-bond donors (Lipinski definition) is 1. The smallest absolute Gasteiger partial charge is 0.145 e. The van der Waals surface area contributed by atoms with Gasteiger partial charge in [-0.1, -0.05) is 12.1 Å². The Kier molecular flexibility index (Phi) is 3.94. The SMILES string of the molecule is CC(C)Oc1ccccc1Nc1cc(C#N)ncn1. The molecule has 2 rings (SSSR count). The lowest BCUT2D eigenvalue weighted by molar-refractivity contribution is 0.244. The zero-order valence-corrected chi connectivity index (χ0v) is 10.8. The monoisotopic (exact) mass is 254 g/mol. The molecule has 0 saturated carbocycles. The molecule has 0 amide bonds. The number of anilines is 2. The number of nitrogens with zero attached hydrogens (tertiary/aromatic N) is 3. The fourth-order valence-corrected chi connectivity index (χ4v) is 1.55. The third-order valence-corrected chi connectivity index (χ3v) is 2.29. The van der Waals surface area contributed by atoms with Crippen LogP contribution in [0.25, 0.3) is 0 Å². The number of nitrogens with one attached hydrogen (secondary N) is 1. The normalized spacial score (nSPS) is 10.0. The quantitative estimate of drug-likeness (QED) is 0.908. The van der Waals surface area contributed by atoms with Gasteiger partial charge in [-0.05, 0) is 26.0 Å². The van der Waals surface area contributed by atoms with Gasteiger partial charge in [0.25, 0.3) is 0 Å². The minimum Gasteiger partial charge on any atom is -0.489 e. The van der Waals surface area contributed by atoms with E-state index in [0.717, 1.165) is 11.4 Å². The van der Waals surface area contributed by atoms with E-state index in [0.29, 0.717) is 11.5 Å². The third kappa shape index (κ3) is 3.42. The van der Waals surface area contributed by atoms with Gasteiger partial charge in [0.05, 0.1) is 11.8 Å². The first-order valence-electron chi connectivity index (χ1n) is 5.94. The molecule has 96 valence electrons. The molecular weight excluding hydrogens is 240 g/mol. The van der Waals surface area contributed by atoms with Crippen molar-refractivity contribution in [3.05, 3.63) is 42.4 Å². The lowest BCUT2D eigenvalue weighted by atomic mass is 10.3. The van der Waals surface area contributed by atoms with Gasteiger partial charge in [0.15, 0.2) is 0 Å². The van der Waals surface area contributed by atoms with E-state index < -0.39 is 0 Å². The van der Waals surface area contributed by atoms with E-state index in [-0.39, 0.29) is 6.10 Å². The topological polar surface area (TPSA) is 70.8 Å². The van der Waals surface area contributed by atoms with Crippen molar-refractivity contribution >= 4 is 11.5 Å². The summed E-state index contributed by atoms with van der Waals surface area (Å²) >= 11 is 0. The molecule has 0 radical (unpaired) electrons. The summed E-state index contributed by atoms with van der Waals surface area (Å²) in [4.78, 5) is 7.90. The summed E-state index contributed by atoms with van der Waals surface area (Å²) in [6, 6.07) is 11.2. The third-order valence-electron chi connectivity index (χ3n) is 2.29. The van der Waals surface area contributed by atoms with Crippen LogP contribution in [0.2, 0.25) is 0 Å². The highest BCUT2D eigenvalue weighted by Crippen LogP contribution is 2.27. The summed E-state index contributed by atoms with van der Waals surface area (Å²) in [5.41, 5.74) is 1.12. The molecule has 0 aliphatic rings. The second kappa shape index (κ2) is 5.83. The van der Waals surface area contributed by atoms with Crippen LogP contribution in [0, 0.1) is 11.3 Å². The molecule has 5 heteroatoms.